The van der Waals surface area contributed by atoms with E-state index in [9.17, 15) is 18.3 Å². The van der Waals surface area contributed by atoms with Crippen LogP contribution in [0.5, 0.6) is 0 Å². The Balaban J connectivity index is 2.41. The third-order valence-electron chi connectivity index (χ3n) is 2.16. The van der Waals surface area contributed by atoms with Gasteiger partial charge in [0.1, 0.15) is 0 Å². The number of hydrogen-bond acceptors (Lipinski definition) is 2. The SMILES string of the molecule is CCC(O)c1ccn(CCOC(F)(F)F)c1. The Morgan fingerprint density at radius 2 is 2.19 bits per heavy atom. The molecule has 1 aromatic heterocycles. The Bertz CT molecular complexity index is 322. The molecular weight excluding hydrogens is 223 g/mol. The molecule has 1 aromatic rings. The highest BCUT2D eigenvalue weighted by Gasteiger charge is 2.28. The van der Waals surface area contributed by atoms with Gasteiger partial charge < -0.3 is 9.67 Å². The van der Waals surface area contributed by atoms with Crippen LogP contribution < -0.4 is 0 Å². The molecule has 3 nitrogen and oxygen atoms in total. The monoisotopic (exact) mass is 237 g/mol. The highest BCUT2D eigenvalue weighted by Crippen LogP contribution is 2.18. The molecule has 0 radical (unpaired) electrons. The number of ether oxygens (including phenoxy) is 1. The second-order valence-corrected chi connectivity index (χ2v) is 3.40. The number of alkyl halides is 3. The van der Waals surface area contributed by atoms with Gasteiger partial charge in [0.15, 0.2) is 0 Å². The molecule has 16 heavy (non-hydrogen) atoms. The van der Waals surface area contributed by atoms with E-state index in [4.69, 9.17) is 0 Å². The zero-order valence-corrected chi connectivity index (χ0v) is 8.87. The van der Waals surface area contributed by atoms with E-state index in [2.05, 4.69) is 4.74 Å². The van der Waals surface area contributed by atoms with Gasteiger partial charge in [0.05, 0.1) is 12.7 Å². The molecule has 0 aliphatic heterocycles. The van der Waals surface area contributed by atoms with Crippen LogP contribution in [0.4, 0.5) is 13.2 Å². The number of halogens is 3. The number of hydrogen-bond donors (Lipinski definition) is 1. The molecule has 0 aliphatic carbocycles. The second-order valence-electron chi connectivity index (χ2n) is 3.40. The number of aromatic nitrogens is 1. The minimum Gasteiger partial charge on any atom is -0.388 e. The standard InChI is InChI=1S/C10H14F3NO2/c1-2-9(15)8-3-4-14(7-8)5-6-16-10(11,12)13/h3-4,7,9,15H,2,5-6H2,1H3. The maximum absolute atomic E-state index is 11.7. The summed E-state index contributed by atoms with van der Waals surface area (Å²) in [5.74, 6) is 0. The minimum absolute atomic E-state index is 0.107. The molecule has 92 valence electrons. The Morgan fingerprint density at radius 3 is 2.75 bits per heavy atom. The van der Waals surface area contributed by atoms with Crippen molar-refractivity contribution in [1.29, 1.82) is 0 Å². The highest BCUT2D eigenvalue weighted by molar-refractivity contribution is 5.13. The van der Waals surface area contributed by atoms with Gasteiger partial charge in [0.25, 0.3) is 0 Å². The Hall–Kier alpha value is -1.01. The van der Waals surface area contributed by atoms with Crippen LogP contribution in [0.1, 0.15) is 25.0 Å². The van der Waals surface area contributed by atoms with Crippen molar-refractivity contribution < 1.29 is 23.0 Å². The molecule has 0 saturated carbocycles. The number of rotatable bonds is 5. The van der Waals surface area contributed by atoms with Gasteiger partial charge in [-0.2, -0.15) is 0 Å². The van der Waals surface area contributed by atoms with E-state index in [0.717, 1.165) is 0 Å². The average Bonchev–Trinajstić information content (AvgIpc) is 2.63. The molecule has 0 saturated heterocycles. The van der Waals surface area contributed by atoms with Crippen molar-refractivity contribution in [2.75, 3.05) is 6.61 Å². The van der Waals surface area contributed by atoms with Gasteiger partial charge in [0, 0.05) is 18.9 Å². The van der Waals surface area contributed by atoms with Crippen molar-refractivity contribution in [2.24, 2.45) is 0 Å². The largest absolute Gasteiger partial charge is 0.522 e. The zero-order chi connectivity index (χ0) is 12.2. The summed E-state index contributed by atoms with van der Waals surface area (Å²) in [6.45, 7) is 1.50. The minimum atomic E-state index is -4.58. The van der Waals surface area contributed by atoms with Crippen LogP contribution in [0.15, 0.2) is 18.5 Å². The molecule has 0 aliphatic rings. The first kappa shape index (κ1) is 13.1. The van der Waals surface area contributed by atoms with Gasteiger partial charge in [-0.1, -0.05) is 6.92 Å². The Labute approximate surface area is 91.4 Å². The van der Waals surface area contributed by atoms with Crippen LogP contribution in [0, 0.1) is 0 Å². The molecule has 1 atom stereocenters. The fourth-order valence-corrected chi connectivity index (χ4v) is 1.30. The van der Waals surface area contributed by atoms with Crippen LogP contribution in [0.2, 0.25) is 0 Å². The summed E-state index contributed by atoms with van der Waals surface area (Å²) in [6, 6.07) is 1.68. The summed E-state index contributed by atoms with van der Waals surface area (Å²) in [6.07, 6.45) is -1.34. The average molecular weight is 237 g/mol. The van der Waals surface area contributed by atoms with Crippen molar-refractivity contribution in [3.05, 3.63) is 24.0 Å². The van der Waals surface area contributed by atoms with Crippen molar-refractivity contribution in [3.63, 3.8) is 0 Å². The molecule has 1 rings (SSSR count). The molecule has 1 N–H and O–H groups in total. The molecule has 1 unspecified atom stereocenters. The topological polar surface area (TPSA) is 34.4 Å². The van der Waals surface area contributed by atoms with Gasteiger partial charge in [-0.05, 0) is 18.1 Å². The molecule has 1 heterocycles. The second kappa shape index (κ2) is 5.36. The molecule has 0 aromatic carbocycles. The van der Waals surface area contributed by atoms with Gasteiger partial charge in [-0.15, -0.1) is 13.2 Å². The van der Waals surface area contributed by atoms with E-state index in [-0.39, 0.29) is 6.54 Å². The molecule has 0 spiro atoms. The quantitative estimate of drug-likeness (QED) is 0.853. The lowest BCUT2D eigenvalue weighted by Gasteiger charge is -2.08. The van der Waals surface area contributed by atoms with Crippen LogP contribution in [0.3, 0.4) is 0 Å². The predicted octanol–water partition coefficient (Wildman–Crippen LogP) is 2.47. The lowest BCUT2D eigenvalue weighted by molar-refractivity contribution is -0.325. The Morgan fingerprint density at radius 1 is 1.50 bits per heavy atom. The van der Waals surface area contributed by atoms with Crippen molar-refractivity contribution in [1.82, 2.24) is 4.57 Å². The lowest BCUT2D eigenvalue weighted by Crippen LogP contribution is -2.16. The Kier molecular flexibility index (Phi) is 4.37. The lowest BCUT2D eigenvalue weighted by atomic mass is 10.1. The third kappa shape index (κ3) is 4.24. The maximum Gasteiger partial charge on any atom is 0.522 e. The van der Waals surface area contributed by atoms with Crippen LogP contribution in [0.25, 0.3) is 0 Å². The summed E-state index contributed by atoms with van der Waals surface area (Å²) in [7, 11) is 0. The van der Waals surface area contributed by atoms with Gasteiger partial charge in [0.2, 0.25) is 0 Å². The third-order valence-corrected chi connectivity index (χ3v) is 2.16. The fraction of sp³-hybridized carbons (Fsp3) is 0.600. The number of nitrogens with zero attached hydrogens (tertiary/aromatic N) is 1. The summed E-state index contributed by atoms with van der Waals surface area (Å²) < 4.78 is 40.2. The summed E-state index contributed by atoms with van der Waals surface area (Å²) in [5, 5.41) is 9.47. The molecule has 0 bridgehead atoms. The van der Waals surface area contributed by atoms with Crippen LogP contribution in [-0.2, 0) is 11.3 Å². The normalized spacial score (nSPS) is 14.1. The van der Waals surface area contributed by atoms with Crippen molar-refractivity contribution in [2.45, 2.75) is 32.4 Å². The molecular formula is C10H14F3NO2. The van der Waals surface area contributed by atoms with Crippen molar-refractivity contribution >= 4 is 0 Å². The summed E-state index contributed by atoms with van der Waals surface area (Å²) >= 11 is 0. The first-order valence-electron chi connectivity index (χ1n) is 4.97. The predicted molar refractivity (Wildman–Crippen MR) is 51.7 cm³/mol. The molecule has 0 amide bonds. The fourth-order valence-electron chi connectivity index (χ4n) is 1.30. The van der Waals surface area contributed by atoms with E-state index in [0.29, 0.717) is 12.0 Å². The first-order valence-corrected chi connectivity index (χ1v) is 4.97. The molecule has 0 fully saturated rings. The smallest absolute Gasteiger partial charge is 0.388 e. The maximum atomic E-state index is 11.7. The number of aliphatic hydroxyl groups excluding tert-OH is 1. The molecule has 6 heteroatoms. The van der Waals surface area contributed by atoms with E-state index in [1.807, 2.05) is 6.92 Å². The highest BCUT2D eigenvalue weighted by atomic mass is 19.4. The summed E-state index contributed by atoms with van der Waals surface area (Å²) in [4.78, 5) is 0. The van der Waals surface area contributed by atoms with Crippen molar-refractivity contribution in [3.8, 4) is 0 Å². The van der Waals surface area contributed by atoms with E-state index in [1.54, 1.807) is 23.0 Å². The van der Waals surface area contributed by atoms with Crippen LogP contribution in [-0.4, -0.2) is 22.6 Å². The van der Waals surface area contributed by atoms with E-state index < -0.39 is 19.1 Å². The van der Waals surface area contributed by atoms with E-state index in [1.165, 1.54) is 0 Å². The number of aliphatic hydroxyl groups is 1. The zero-order valence-electron chi connectivity index (χ0n) is 8.87. The van der Waals surface area contributed by atoms with Gasteiger partial charge in [-0.3, -0.25) is 4.74 Å². The van der Waals surface area contributed by atoms with Crippen LogP contribution >= 0.6 is 0 Å². The van der Waals surface area contributed by atoms with E-state index >= 15 is 0 Å². The summed E-state index contributed by atoms with van der Waals surface area (Å²) in [5.41, 5.74) is 0.703. The van der Waals surface area contributed by atoms with Gasteiger partial charge >= 0.3 is 6.36 Å². The van der Waals surface area contributed by atoms with Gasteiger partial charge in [-0.25, -0.2) is 0 Å². The first-order chi connectivity index (χ1) is 7.42.